The van der Waals surface area contributed by atoms with Crippen molar-refractivity contribution in [3.8, 4) is 0 Å². The minimum atomic E-state index is 0.289. The standard InChI is InChI=1S/C8H19ClN/c1-7(8(2)9)6-10(3,4)5/h7-8H,6H2,1-5H3/q+1. The molecular formula is C8H19ClN+. The third kappa shape index (κ3) is 5.07. The molecule has 0 fully saturated rings. The Bertz CT molecular complexity index is 93.9. The summed E-state index contributed by atoms with van der Waals surface area (Å²) in [5.41, 5.74) is 0. The van der Waals surface area contributed by atoms with E-state index in [2.05, 4.69) is 35.0 Å². The largest absolute Gasteiger partial charge is 0.331 e. The molecule has 1 nitrogen and oxygen atoms in total. The highest BCUT2D eigenvalue weighted by atomic mass is 35.5. The van der Waals surface area contributed by atoms with E-state index in [9.17, 15) is 0 Å². The van der Waals surface area contributed by atoms with Crippen LogP contribution in [-0.4, -0.2) is 37.5 Å². The van der Waals surface area contributed by atoms with E-state index in [1.54, 1.807) is 0 Å². The van der Waals surface area contributed by atoms with Gasteiger partial charge in [-0.15, -0.1) is 11.6 Å². The van der Waals surface area contributed by atoms with Crippen molar-refractivity contribution in [2.45, 2.75) is 19.2 Å². The summed E-state index contributed by atoms with van der Waals surface area (Å²) in [5.74, 6) is 0.599. The average molecular weight is 165 g/mol. The monoisotopic (exact) mass is 164 g/mol. The molecule has 62 valence electrons. The Hall–Kier alpha value is 0.250. The van der Waals surface area contributed by atoms with Crippen LogP contribution in [0, 0.1) is 5.92 Å². The predicted molar refractivity (Wildman–Crippen MR) is 47.4 cm³/mol. The fourth-order valence-electron chi connectivity index (χ4n) is 1.01. The van der Waals surface area contributed by atoms with E-state index >= 15 is 0 Å². The minimum Gasteiger partial charge on any atom is -0.331 e. The second kappa shape index (κ2) is 3.59. The maximum Gasteiger partial charge on any atom is 0.0820 e. The number of hydrogen-bond donors (Lipinski definition) is 0. The summed E-state index contributed by atoms with van der Waals surface area (Å²) >= 11 is 5.92. The number of hydrogen-bond acceptors (Lipinski definition) is 0. The van der Waals surface area contributed by atoms with Crippen LogP contribution in [-0.2, 0) is 0 Å². The van der Waals surface area contributed by atoms with Gasteiger partial charge in [0.05, 0.1) is 27.7 Å². The van der Waals surface area contributed by atoms with Crippen molar-refractivity contribution in [1.82, 2.24) is 0 Å². The molecule has 10 heavy (non-hydrogen) atoms. The Morgan fingerprint density at radius 3 is 1.70 bits per heavy atom. The Morgan fingerprint density at radius 2 is 1.60 bits per heavy atom. The zero-order valence-corrected chi connectivity index (χ0v) is 8.44. The van der Waals surface area contributed by atoms with Gasteiger partial charge in [-0.3, -0.25) is 0 Å². The van der Waals surface area contributed by atoms with Crippen LogP contribution in [0.15, 0.2) is 0 Å². The minimum absolute atomic E-state index is 0.289. The highest BCUT2D eigenvalue weighted by Crippen LogP contribution is 2.11. The lowest BCUT2D eigenvalue weighted by Crippen LogP contribution is -2.40. The van der Waals surface area contributed by atoms with Gasteiger partial charge in [-0.2, -0.15) is 0 Å². The lowest BCUT2D eigenvalue weighted by molar-refractivity contribution is -0.873. The van der Waals surface area contributed by atoms with Crippen LogP contribution in [0.2, 0.25) is 0 Å². The van der Waals surface area contributed by atoms with Gasteiger partial charge in [-0.05, 0) is 6.92 Å². The van der Waals surface area contributed by atoms with Crippen molar-refractivity contribution in [2.75, 3.05) is 27.7 Å². The van der Waals surface area contributed by atoms with Crippen LogP contribution >= 0.6 is 11.6 Å². The third-order valence-electron chi connectivity index (χ3n) is 1.62. The lowest BCUT2D eigenvalue weighted by Gasteiger charge is -2.28. The SMILES string of the molecule is CC(Cl)C(C)C[N+](C)(C)C. The molecule has 0 amide bonds. The maximum absolute atomic E-state index is 5.92. The van der Waals surface area contributed by atoms with Crippen molar-refractivity contribution < 1.29 is 4.48 Å². The first kappa shape index (κ1) is 10.2. The van der Waals surface area contributed by atoms with Crippen molar-refractivity contribution in [3.63, 3.8) is 0 Å². The molecule has 0 radical (unpaired) electrons. The van der Waals surface area contributed by atoms with E-state index in [1.165, 1.54) is 0 Å². The topological polar surface area (TPSA) is 0 Å². The van der Waals surface area contributed by atoms with E-state index in [0.717, 1.165) is 11.0 Å². The molecule has 2 atom stereocenters. The fraction of sp³-hybridized carbons (Fsp3) is 1.00. The van der Waals surface area contributed by atoms with E-state index in [-0.39, 0.29) is 5.38 Å². The number of nitrogens with zero attached hydrogens (tertiary/aromatic N) is 1. The fourth-order valence-corrected chi connectivity index (χ4v) is 1.09. The van der Waals surface area contributed by atoms with Crippen molar-refractivity contribution in [1.29, 1.82) is 0 Å². The third-order valence-corrected chi connectivity index (χ3v) is 2.05. The number of quaternary nitrogens is 1. The molecule has 0 aliphatic carbocycles. The normalized spacial score (nSPS) is 18.6. The van der Waals surface area contributed by atoms with Crippen molar-refractivity contribution in [2.24, 2.45) is 5.92 Å². The highest BCUT2D eigenvalue weighted by molar-refractivity contribution is 6.20. The van der Waals surface area contributed by atoms with E-state index < -0.39 is 0 Å². The summed E-state index contributed by atoms with van der Waals surface area (Å²) in [6.07, 6.45) is 0. The van der Waals surface area contributed by atoms with Gasteiger partial charge in [0, 0.05) is 11.3 Å². The molecule has 2 unspecified atom stereocenters. The second-order valence-corrected chi connectivity index (χ2v) is 4.82. The molecule has 0 rings (SSSR count). The smallest absolute Gasteiger partial charge is 0.0820 e. The van der Waals surface area contributed by atoms with E-state index in [1.807, 2.05) is 0 Å². The van der Waals surface area contributed by atoms with Gasteiger partial charge in [-0.25, -0.2) is 0 Å². The second-order valence-electron chi connectivity index (χ2n) is 4.13. The van der Waals surface area contributed by atoms with Crippen LogP contribution < -0.4 is 0 Å². The molecule has 0 saturated heterocycles. The summed E-state index contributed by atoms with van der Waals surface area (Å²) in [6.45, 7) is 5.40. The molecular weight excluding hydrogens is 146 g/mol. The zero-order valence-electron chi connectivity index (χ0n) is 7.69. The van der Waals surface area contributed by atoms with Crippen LogP contribution in [0.25, 0.3) is 0 Å². The summed E-state index contributed by atoms with van der Waals surface area (Å²) in [4.78, 5) is 0. The van der Waals surface area contributed by atoms with Gasteiger partial charge in [0.1, 0.15) is 0 Å². The maximum atomic E-state index is 5.92. The first-order chi connectivity index (χ1) is 4.33. The molecule has 2 heteroatoms. The molecule has 0 aromatic carbocycles. The van der Waals surface area contributed by atoms with Crippen LogP contribution in [0.5, 0.6) is 0 Å². The van der Waals surface area contributed by atoms with E-state index in [4.69, 9.17) is 11.6 Å². The Labute approximate surface area is 69.6 Å². The number of halogens is 1. The molecule has 0 aromatic rings. The van der Waals surface area contributed by atoms with Crippen LogP contribution in [0.1, 0.15) is 13.8 Å². The van der Waals surface area contributed by atoms with Gasteiger partial charge in [0.25, 0.3) is 0 Å². The van der Waals surface area contributed by atoms with Gasteiger partial charge < -0.3 is 4.48 Å². The highest BCUT2D eigenvalue weighted by Gasteiger charge is 2.17. The predicted octanol–water partition coefficient (Wildman–Crippen LogP) is 1.96. The molecule has 0 aliphatic rings. The summed E-state index contributed by atoms with van der Waals surface area (Å²) in [6, 6.07) is 0. The van der Waals surface area contributed by atoms with Gasteiger partial charge in [0.2, 0.25) is 0 Å². The zero-order chi connectivity index (χ0) is 8.36. The molecule has 0 spiro atoms. The van der Waals surface area contributed by atoms with Crippen LogP contribution in [0.4, 0.5) is 0 Å². The Kier molecular flexibility index (Phi) is 3.68. The van der Waals surface area contributed by atoms with Gasteiger partial charge in [-0.1, -0.05) is 6.92 Å². The first-order valence-electron chi connectivity index (χ1n) is 3.77. The first-order valence-corrected chi connectivity index (χ1v) is 4.21. The van der Waals surface area contributed by atoms with Gasteiger partial charge in [0.15, 0.2) is 0 Å². The van der Waals surface area contributed by atoms with Crippen molar-refractivity contribution in [3.05, 3.63) is 0 Å². The number of alkyl halides is 1. The molecule has 0 aromatic heterocycles. The van der Waals surface area contributed by atoms with Crippen molar-refractivity contribution >= 4 is 11.6 Å². The van der Waals surface area contributed by atoms with E-state index in [0.29, 0.717) is 5.92 Å². The van der Waals surface area contributed by atoms with Crippen LogP contribution in [0.3, 0.4) is 0 Å². The Balaban J connectivity index is 3.68. The summed E-state index contributed by atoms with van der Waals surface area (Å²) in [7, 11) is 6.57. The molecule has 0 bridgehead atoms. The molecule has 0 aliphatic heterocycles. The lowest BCUT2D eigenvalue weighted by atomic mass is 10.1. The summed E-state index contributed by atoms with van der Waals surface area (Å²) < 4.78 is 0.998. The quantitative estimate of drug-likeness (QED) is 0.442. The summed E-state index contributed by atoms with van der Waals surface area (Å²) in [5, 5.41) is 0.289. The van der Waals surface area contributed by atoms with Gasteiger partial charge >= 0.3 is 0 Å². The molecule has 0 heterocycles. The molecule has 0 N–H and O–H groups in total. The number of rotatable bonds is 3. The average Bonchev–Trinajstić information content (AvgIpc) is 1.60. The Morgan fingerprint density at radius 1 is 1.20 bits per heavy atom. The molecule has 0 saturated carbocycles.